The van der Waals surface area contributed by atoms with Gasteiger partial charge in [-0.05, 0) is 32.9 Å². The van der Waals surface area contributed by atoms with Crippen LogP contribution in [0.25, 0.3) is 0 Å². The van der Waals surface area contributed by atoms with Gasteiger partial charge < -0.3 is 11.1 Å². The number of nitrogens with zero attached hydrogens (tertiary/aromatic N) is 2. The molecule has 84 valence electrons. The van der Waals surface area contributed by atoms with E-state index in [1.807, 2.05) is 19.9 Å². The highest BCUT2D eigenvalue weighted by Crippen LogP contribution is 2.00. The molecule has 1 heterocycles. The van der Waals surface area contributed by atoms with Gasteiger partial charge in [-0.1, -0.05) is 0 Å². The number of aryl methyl sites for hydroxylation is 2. The fraction of sp³-hybridized carbons (Fsp3) is 0.600. The van der Waals surface area contributed by atoms with E-state index in [0.29, 0.717) is 13.1 Å². The van der Waals surface area contributed by atoms with E-state index in [1.165, 1.54) is 0 Å². The van der Waals surface area contributed by atoms with Crippen LogP contribution in [0.5, 0.6) is 0 Å². The average molecular weight is 210 g/mol. The first-order valence-corrected chi connectivity index (χ1v) is 5.11. The quantitative estimate of drug-likeness (QED) is 0.670. The Labute approximate surface area is 89.6 Å². The van der Waals surface area contributed by atoms with Crippen molar-refractivity contribution in [2.24, 2.45) is 5.73 Å². The van der Waals surface area contributed by atoms with Gasteiger partial charge in [-0.3, -0.25) is 9.48 Å². The Morgan fingerprint density at radius 3 is 2.87 bits per heavy atom. The number of rotatable bonds is 5. The van der Waals surface area contributed by atoms with E-state index in [4.69, 9.17) is 5.73 Å². The van der Waals surface area contributed by atoms with Gasteiger partial charge in [0.1, 0.15) is 6.54 Å². The zero-order valence-electron chi connectivity index (χ0n) is 9.29. The first kappa shape index (κ1) is 11.7. The SMILES string of the molecule is Cc1cc(C)n(CC(=O)NCCCN)n1. The molecule has 0 bridgehead atoms. The lowest BCUT2D eigenvalue weighted by Gasteiger charge is -2.05. The molecule has 1 amide bonds. The van der Waals surface area contributed by atoms with Gasteiger partial charge in [0, 0.05) is 12.2 Å². The van der Waals surface area contributed by atoms with Gasteiger partial charge >= 0.3 is 0 Å². The van der Waals surface area contributed by atoms with Crippen molar-refractivity contribution in [2.45, 2.75) is 26.8 Å². The smallest absolute Gasteiger partial charge is 0.241 e. The van der Waals surface area contributed by atoms with E-state index in [0.717, 1.165) is 17.8 Å². The fourth-order valence-electron chi connectivity index (χ4n) is 1.36. The Balaban J connectivity index is 2.41. The standard InChI is InChI=1S/C10H18N4O/c1-8-6-9(2)14(13-8)7-10(15)12-5-3-4-11/h6H,3-5,7,11H2,1-2H3,(H,12,15). The van der Waals surface area contributed by atoms with Crippen molar-refractivity contribution in [3.05, 3.63) is 17.5 Å². The summed E-state index contributed by atoms with van der Waals surface area (Å²) in [4.78, 5) is 11.4. The van der Waals surface area contributed by atoms with Crippen molar-refractivity contribution in [3.8, 4) is 0 Å². The van der Waals surface area contributed by atoms with Gasteiger partial charge in [-0.25, -0.2) is 0 Å². The third-order valence-electron chi connectivity index (χ3n) is 2.10. The van der Waals surface area contributed by atoms with Crippen LogP contribution in [0.4, 0.5) is 0 Å². The van der Waals surface area contributed by atoms with Crippen molar-refractivity contribution in [2.75, 3.05) is 13.1 Å². The maximum Gasteiger partial charge on any atom is 0.241 e. The van der Waals surface area contributed by atoms with Crippen LogP contribution in [0.3, 0.4) is 0 Å². The highest BCUT2D eigenvalue weighted by atomic mass is 16.2. The fourth-order valence-corrected chi connectivity index (χ4v) is 1.36. The summed E-state index contributed by atoms with van der Waals surface area (Å²) in [6.07, 6.45) is 0.808. The molecule has 0 unspecified atom stereocenters. The predicted molar refractivity (Wildman–Crippen MR) is 58.4 cm³/mol. The van der Waals surface area contributed by atoms with Crippen molar-refractivity contribution in [3.63, 3.8) is 0 Å². The summed E-state index contributed by atoms with van der Waals surface area (Å²) in [5.41, 5.74) is 7.26. The molecular formula is C10H18N4O. The number of carbonyl (C=O) groups excluding carboxylic acids is 1. The number of carbonyl (C=O) groups is 1. The lowest BCUT2D eigenvalue weighted by atomic mass is 10.4. The molecule has 15 heavy (non-hydrogen) atoms. The molecule has 1 rings (SSSR count). The molecule has 0 atom stereocenters. The van der Waals surface area contributed by atoms with Crippen molar-refractivity contribution >= 4 is 5.91 Å². The summed E-state index contributed by atoms with van der Waals surface area (Å²) in [6.45, 7) is 5.36. The molecule has 0 aliphatic rings. The average Bonchev–Trinajstić information content (AvgIpc) is 2.45. The summed E-state index contributed by atoms with van der Waals surface area (Å²) < 4.78 is 1.70. The first-order chi connectivity index (χ1) is 7.13. The Morgan fingerprint density at radius 1 is 1.60 bits per heavy atom. The topological polar surface area (TPSA) is 72.9 Å². The van der Waals surface area contributed by atoms with Crippen molar-refractivity contribution in [1.82, 2.24) is 15.1 Å². The van der Waals surface area contributed by atoms with Crippen LogP contribution in [-0.2, 0) is 11.3 Å². The van der Waals surface area contributed by atoms with E-state index >= 15 is 0 Å². The van der Waals surface area contributed by atoms with Gasteiger partial charge in [-0.15, -0.1) is 0 Å². The maximum absolute atomic E-state index is 11.4. The third-order valence-corrected chi connectivity index (χ3v) is 2.10. The largest absolute Gasteiger partial charge is 0.354 e. The summed E-state index contributed by atoms with van der Waals surface area (Å²) >= 11 is 0. The molecule has 0 aromatic carbocycles. The van der Waals surface area contributed by atoms with E-state index in [2.05, 4.69) is 10.4 Å². The van der Waals surface area contributed by atoms with Crippen LogP contribution in [0.2, 0.25) is 0 Å². The van der Waals surface area contributed by atoms with Crippen molar-refractivity contribution in [1.29, 1.82) is 0 Å². The Bertz CT molecular complexity index is 332. The molecule has 1 aromatic heterocycles. The van der Waals surface area contributed by atoms with Gasteiger partial charge in [0.15, 0.2) is 0 Å². The number of hydrogen-bond acceptors (Lipinski definition) is 3. The number of nitrogens with two attached hydrogens (primary N) is 1. The van der Waals surface area contributed by atoms with Crippen LogP contribution in [0.1, 0.15) is 17.8 Å². The summed E-state index contributed by atoms with van der Waals surface area (Å²) in [5, 5.41) is 7.00. The van der Waals surface area contributed by atoms with E-state index in [1.54, 1.807) is 4.68 Å². The molecule has 5 heteroatoms. The number of hydrogen-bond donors (Lipinski definition) is 2. The Hall–Kier alpha value is -1.36. The highest BCUT2D eigenvalue weighted by Gasteiger charge is 2.05. The minimum Gasteiger partial charge on any atom is -0.354 e. The van der Waals surface area contributed by atoms with Crippen LogP contribution in [0.15, 0.2) is 6.07 Å². The molecule has 0 saturated carbocycles. The van der Waals surface area contributed by atoms with Gasteiger partial charge in [0.2, 0.25) is 5.91 Å². The van der Waals surface area contributed by atoms with Gasteiger partial charge in [0.25, 0.3) is 0 Å². The second-order valence-electron chi connectivity index (χ2n) is 3.58. The number of nitrogens with one attached hydrogen (secondary N) is 1. The Kier molecular flexibility index (Phi) is 4.30. The molecular weight excluding hydrogens is 192 g/mol. The normalized spacial score (nSPS) is 10.3. The van der Waals surface area contributed by atoms with E-state index in [-0.39, 0.29) is 12.5 Å². The van der Waals surface area contributed by atoms with E-state index in [9.17, 15) is 4.79 Å². The van der Waals surface area contributed by atoms with Crippen LogP contribution in [-0.4, -0.2) is 28.8 Å². The van der Waals surface area contributed by atoms with Crippen LogP contribution < -0.4 is 11.1 Å². The molecule has 1 aromatic rings. The summed E-state index contributed by atoms with van der Waals surface area (Å²) in [6, 6.07) is 1.95. The van der Waals surface area contributed by atoms with Crippen LogP contribution >= 0.6 is 0 Å². The second-order valence-corrected chi connectivity index (χ2v) is 3.58. The predicted octanol–water partition coefficient (Wildman–Crippen LogP) is -0.0351. The maximum atomic E-state index is 11.4. The molecule has 0 aliphatic heterocycles. The van der Waals surface area contributed by atoms with Gasteiger partial charge in [-0.2, -0.15) is 5.10 Å². The molecule has 5 nitrogen and oxygen atoms in total. The molecule has 0 saturated heterocycles. The second kappa shape index (κ2) is 5.50. The van der Waals surface area contributed by atoms with E-state index < -0.39 is 0 Å². The molecule has 0 radical (unpaired) electrons. The summed E-state index contributed by atoms with van der Waals surface area (Å²) in [7, 11) is 0. The zero-order valence-corrected chi connectivity index (χ0v) is 9.29. The monoisotopic (exact) mass is 210 g/mol. The number of amides is 1. The molecule has 0 spiro atoms. The molecule has 0 fully saturated rings. The van der Waals surface area contributed by atoms with Gasteiger partial charge in [0.05, 0.1) is 5.69 Å². The summed E-state index contributed by atoms with van der Waals surface area (Å²) in [5.74, 6) is -0.0188. The molecule has 3 N–H and O–H groups in total. The molecule has 0 aliphatic carbocycles. The zero-order chi connectivity index (χ0) is 11.3. The third kappa shape index (κ3) is 3.71. The lowest BCUT2D eigenvalue weighted by Crippen LogP contribution is -2.30. The first-order valence-electron chi connectivity index (χ1n) is 5.11. The highest BCUT2D eigenvalue weighted by molar-refractivity contribution is 5.75. The van der Waals surface area contributed by atoms with Crippen molar-refractivity contribution < 1.29 is 4.79 Å². The minimum absolute atomic E-state index is 0.0188. The Morgan fingerprint density at radius 2 is 2.33 bits per heavy atom. The van der Waals surface area contributed by atoms with Crippen LogP contribution in [0, 0.1) is 13.8 Å². The number of aromatic nitrogens is 2. The minimum atomic E-state index is -0.0188. The lowest BCUT2D eigenvalue weighted by molar-refractivity contribution is -0.121.